The maximum absolute atomic E-state index is 12.8. The topological polar surface area (TPSA) is 58.2 Å². The smallest absolute Gasteiger partial charge is 0.260 e. The number of rotatable bonds is 4. The Hall–Kier alpha value is -2.37. The highest BCUT2D eigenvalue weighted by atomic mass is 19.1. The van der Waals surface area contributed by atoms with Crippen LogP contribution in [0, 0.1) is 12.7 Å². The molecule has 2 aromatic rings. The highest BCUT2D eigenvalue weighted by Gasteiger charge is 2.26. The molecule has 5 nitrogen and oxygen atoms in total. The van der Waals surface area contributed by atoms with Crippen LogP contribution in [0.5, 0.6) is 5.75 Å². The Labute approximate surface area is 134 Å². The summed E-state index contributed by atoms with van der Waals surface area (Å²) >= 11 is 0. The van der Waals surface area contributed by atoms with E-state index in [2.05, 4.69) is 10.2 Å². The Morgan fingerprint density at radius 3 is 2.91 bits per heavy atom. The molecular formula is C17H20FN3O2. The summed E-state index contributed by atoms with van der Waals surface area (Å²) in [5.41, 5.74) is 2.24. The van der Waals surface area contributed by atoms with Gasteiger partial charge in [-0.3, -0.25) is 9.89 Å². The largest absolute Gasteiger partial charge is 0.484 e. The predicted octanol–water partition coefficient (Wildman–Crippen LogP) is 2.64. The van der Waals surface area contributed by atoms with Crippen LogP contribution < -0.4 is 4.74 Å². The van der Waals surface area contributed by atoms with Crippen LogP contribution in [-0.2, 0) is 4.79 Å². The maximum atomic E-state index is 12.8. The number of aromatic nitrogens is 2. The second-order valence-corrected chi connectivity index (χ2v) is 5.89. The lowest BCUT2D eigenvalue weighted by molar-refractivity contribution is -0.134. The van der Waals surface area contributed by atoms with Crippen LogP contribution >= 0.6 is 0 Å². The molecule has 6 heteroatoms. The van der Waals surface area contributed by atoms with E-state index in [1.807, 2.05) is 18.0 Å². The molecule has 0 saturated carbocycles. The van der Waals surface area contributed by atoms with Gasteiger partial charge in [0.2, 0.25) is 0 Å². The number of amides is 1. The zero-order valence-corrected chi connectivity index (χ0v) is 13.1. The van der Waals surface area contributed by atoms with Crippen molar-refractivity contribution in [3.05, 3.63) is 47.5 Å². The Bertz CT molecular complexity index is 669. The van der Waals surface area contributed by atoms with Gasteiger partial charge < -0.3 is 9.64 Å². The van der Waals surface area contributed by atoms with Gasteiger partial charge in [-0.2, -0.15) is 5.10 Å². The monoisotopic (exact) mass is 317 g/mol. The quantitative estimate of drug-likeness (QED) is 0.943. The molecule has 3 rings (SSSR count). The van der Waals surface area contributed by atoms with Crippen molar-refractivity contribution < 1.29 is 13.9 Å². The van der Waals surface area contributed by atoms with Crippen LogP contribution in [0.4, 0.5) is 4.39 Å². The number of carbonyl (C=O) groups excluding carboxylic acids is 1. The summed E-state index contributed by atoms with van der Waals surface area (Å²) in [6.07, 6.45) is 3.82. The summed E-state index contributed by atoms with van der Waals surface area (Å²) in [6, 6.07) is 5.68. The molecule has 1 fully saturated rings. The first kappa shape index (κ1) is 15.5. The highest BCUT2D eigenvalue weighted by molar-refractivity contribution is 5.78. The van der Waals surface area contributed by atoms with Crippen LogP contribution in [0.1, 0.15) is 30.0 Å². The van der Waals surface area contributed by atoms with E-state index in [0.717, 1.165) is 30.6 Å². The number of likely N-dealkylation sites (tertiary alicyclic amines) is 1. The number of hydrogen-bond acceptors (Lipinski definition) is 3. The normalized spacial score (nSPS) is 18.0. The van der Waals surface area contributed by atoms with Crippen LogP contribution in [0.3, 0.4) is 0 Å². The number of aryl methyl sites for hydroxylation is 1. The number of piperidine rings is 1. The van der Waals surface area contributed by atoms with Crippen molar-refractivity contribution >= 4 is 5.91 Å². The van der Waals surface area contributed by atoms with Crippen molar-refractivity contribution in [3.8, 4) is 5.75 Å². The van der Waals surface area contributed by atoms with Gasteiger partial charge in [-0.1, -0.05) is 0 Å². The number of aromatic amines is 1. The average molecular weight is 317 g/mol. The van der Waals surface area contributed by atoms with Crippen LogP contribution in [0.25, 0.3) is 0 Å². The van der Waals surface area contributed by atoms with Gasteiger partial charge >= 0.3 is 0 Å². The molecule has 1 N–H and O–H groups in total. The lowest BCUT2D eigenvalue weighted by Crippen LogP contribution is -2.41. The van der Waals surface area contributed by atoms with Crippen LogP contribution in [-0.4, -0.2) is 40.7 Å². The fourth-order valence-electron chi connectivity index (χ4n) is 2.98. The molecule has 1 saturated heterocycles. The SMILES string of the molecule is Cc1cn[nH]c1C1CCCN(C(=O)COc2ccc(F)cc2)C1. The van der Waals surface area contributed by atoms with Gasteiger partial charge in [0.25, 0.3) is 5.91 Å². The summed E-state index contributed by atoms with van der Waals surface area (Å²) in [7, 11) is 0. The second kappa shape index (κ2) is 6.81. The van der Waals surface area contributed by atoms with Gasteiger partial charge in [0.15, 0.2) is 6.61 Å². The molecule has 1 aliphatic heterocycles. The fourth-order valence-corrected chi connectivity index (χ4v) is 2.98. The molecule has 1 unspecified atom stereocenters. The number of ether oxygens (including phenoxy) is 1. The fraction of sp³-hybridized carbons (Fsp3) is 0.412. The summed E-state index contributed by atoms with van der Waals surface area (Å²) in [4.78, 5) is 14.2. The molecule has 0 spiro atoms. The van der Waals surface area contributed by atoms with Gasteiger partial charge in [0.05, 0.1) is 6.20 Å². The molecule has 1 amide bonds. The zero-order valence-electron chi connectivity index (χ0n) is 13.1. The average Bonchev–Trinajstić information content (AvgIpc) is 3.00. The van der Waals surface area contributed by atoms with Gasteiger partial charge in [0, 0.05) is 24.7 Å². The zero-order chi connectivity index (χ0) is 16.2. The van der Waals surface area contributed by atoms with E-state index in [4.69, 9.17) is 4.74 Å². The molecule has 1 aromatic heterocycles. The van der Waals surface area contributed by atoms with Crippen molar-refractivity contribution in [1.82, 2.24) is 15.1 Å². The van der Waals surface area contributed by atoms with E-state index in [-0.39, 0.29) is 18.3 Å². The van der Waals surface area contributed by atoms with E-state index in [9.17, 15) is 9.18 Å². The predicted molar refractivity (Wildman–Crippen MR) is 83.8 cm³/mol. The summed E-state index contributed by atoms with van der Waals surface area (Å²) in [5.74, 6) is 0.424. The maximum Gasteiger partial charge on any atom is 0.260 e. The molecule has 0 bridgehead atoms. The second-order valence-electron chi connectivity index (χ2n) is 5.89. The number of nitrogens with one attached hydrogen (secondary N) is 1. The van der Waals surface area contributed by atoms with Crippen molar-refractivity contribution in [2.24, 2.45) is 0 Å². The minimum absolute atomic E-state index is 0.0275. The molecule has 0 radical (unpaired) electrons. The van der Waals surface area contributed by atoms with E-state index in [0.29, 0.717) is 18.2 Å². The number of halogens is 1. The lowest BCUT2D eigenvalue weighted by Gasteiger charge is -2.32. The number of nitrogens with zero attached hydrogens (tertiary/aromatic N) is 2. The summed E-state index contributed by atoms with van der Waals surface area (Å²) in [6.45, 7) is 3.42. The number of H-pyrrole nitrogens is 1. The summed E-state index contributed by atoms with van der Waals surface area (Å²) in [5, 5.41) is 7.11. The Morgan fingerprint density at radius 2 is 2.22 bits per heavy atom. The third-order valence-corrected chi connectivity index (χ3v) is 4.23. The minimum atomic E-state index is -0.322. The molecule has 0 aliphatic carbocycles. The van der Waals surface area contributed by atoms with Crippen molar-refractivity contribution in [2.45, 2.75) is 25.7 Å². The van der Waals surface area contributed by atoms with Gasteiger partial charge in [-0.25, -0.2) is 4.39 Å². The van der Waals surface area contributed by atoms with E-state index >= 15 is 0 Å². The molecule has 122 valence electrons. The van der Waals surface area contributed by atoms with Crippen molar-refractivity contribution in [3.63, 3.8) is 0 Å². The van der Waals surface area contributed by atoms with Crippen molar-refractivity contribution in [2.75, 3.05) is 19.7 Å². The first-order valence-corrected chi connectivity index (χ1v) is 7.79. The first-order valence-electron chi connectivity index (χ1n) is 7.79. The van der Waals surface area contributed by atoms with E-state index in [1.54, 1.807) is 0 Å². The van der Waals surface area contributed by atoms with E-state index < -0.39 is 0 Å². The molecule has 23 heavy (non-hydrogen) atoms. The van der Waals surface area contributed by atoms with Crippen LogP contribution in [0.2, 0.25) is 0 Å². The molecular weight excluding hydrogens is 297 g/mol. The van der Waals surface area contributed by atoms with Crippen LogP contribution in [0.15, 0.2) is 30.5 Å². The van der Waals surface area contributed by atoms with Gasteiger partial charge in [0.1, 0.15) is 11.6 Å². The molecule has 1 atom stereocenters. The number of carbonyl (C=O) groups is 1. The third-order valence-electron chi connectivity index (χ3n) is 4.23. The number of benzene rings is 1. The minimum Gasteiger partial charge on any atom is -0.484 e. The molecule has 1 aliphatic rings. The van der Waals surface area contributed by atoms with Crippen molar-refractivity contribution in [1.29, 1.82) is 0 Å². The standard InChI is InChI=1S/C17H20FN3O2/c1-12-9-19-20-17(12)13-3-2-8-21(10-13)16(22)11-23-15-6-4-14(18)5-7-15/h4-7,9,13H,2-3,8,10-11H2,1H3,(H,19,20). The van der Waals surface area contributed by atoms with Gasteiger partial charge in [-0.15, -0.1) is 0 Å². The molecule has 2 heterocycles. The Kier molecular flexibility index (Phi) is 4.60. The molecule has 1 aromatic carbocycles. The third kappa shape index (κ3) is 3.70. The number of hydrogen-bond donors (Lipinski definition) is 1. The summed E-state index contributed by atoms with van der Waals surface area (Å²) < 4.78 is 18.3. The highest BCUT2D eigenvalue weighted by Crippen LogP contribution is 2.27. The van der Waals surface area contributed by atoms with E-state index in [1.165, 1.54) is 24.3 Å². The Morgan fingerprint density at radius 1 is 1.43 bits per heavy atom. The first-order chi connectivity index (χ1) is 11.1. The van der Waals surface area contributed by atoms with Gasteiger partial charge in [-0.05, 0) is 49.6 Å². The lowest BCUT2D eigenvalue weighted by atomic mass is 9.93. The Balaban J connectivity index is 1.56.